The summed E-state index contributed by atoms with van der Waals surface area (Å²) in [5.74, 6) is 0.200. The molecule has 0 spiro atoms. The lowest BCUT2D eigenvalue weighted by atomic mass is 10.0. The first-order valence-corrected chi connectivity index (χ1v) is 8.38. The molecule has 0 unspecified atom stereocenters. The monoisotopic (exact) mass is 319 g/mol. The zero-order chi connectivity index (χ0) is 16.8. The van der Waals surface area contributed by atoms with Crippen LogP contribution in [0.3, 0.4) is 0 Å². The summed E-state index contributed by atoms with van der Waals surface area (Å²) in [6.45, 7) is 6.46. The molecular formula is C17H25N3O3. The third-order valence-electron chi connectivity index (χ3n) is 4.59. The van der Waals surface area contributed by atoms with Crippen LogP contribution < -0.4 is 10.2 Å². The van der Waals surface area contributed by atoms with Crippen LogP contribution >= 0.6 is 0 Å². The molecule has 1 saturated heterocycles. The largest absolute Gasteiger partial charge is 0.366 e. The molecule has 126 valence electrons. The third-order valence-corrected chi connectivity index (χ3v) is 4.59. The smallest absolute Gasteiger partial charge is 0.293 e. The number of carbonyl (C=O) groups excluding carboxylic acids is 1. The molecule has 1 amide bonds. The molecule has 0 aromatic heterocycles. The van der Waals surface area contributed by atoms with Crippen molar-refractivity contribution in [3.8, 4) is 0 Å². The van der Waals surface area contributed by atoms with Gasteiger partial charge in [0.1, 0.15) is 5.69 Å². The number of rotatable bonds is 7. The summed E-state index contributed by atoms with van der Waals surface area (Å²) in [6, 6.07) is 4.79. The number of amides is 1. The Morgan fingerprint density at radius 3 is 2.52 bits per heavy atom. The molecule has 6 nitrogen and oxygen atoms in total. The lowest BCUT2D eigenvalue weighted by Crippen LogP contribution is -2.29. The number of anilines is 1. The Kier molecular flexibility index (Phi) is 5.96. The van der Waals surface area contributed by atoms with E-state index in [0.717, 1.165) is 38.8 Å². The summed E-state index contributed by atoms with van der Waals surface area (Å²) < 4.78 is 0. The SMILES string of the molecule is CCC(CC)CNC(=O)c1ccc(N2CCCC2)c([N+](=O)[O-])c1. The van der Waals surface area contributed by atoms with Crippen molar-refractivity contribution < 1.29 is 9.72 Å². The van der Waals surface area contributed by atoms with Gasteiger partial charge in [0.05, 0.1) is 4.92 Å². The normalized spacial score (nSPS) is 14.3. The molecule has 1 aliphatic heterocycles. The topological polar surface area (TPSA) is 75.5 Å². The van der Waals surface area contributed by atoms with Gasteiger partial charge in [-0.1, -0.05) is 26.7 Å². The van der Waals surface area contributed by atoms with Crippen LogP contribution in [0.1, 0.15) is 49.9 Å². The van der Waals surface area contributed by atoms with E-state index in [2.05, 4.69) is 19.2 Å². The molecule has 0 radical (unpaired) electrons. The number of nitro groups is 1. The van der Waals surface area contributed by atoms with E-state index in [1.165, 1.54) is 6.07 Å². The molecule has 1 aromatic rings. The fourth-order valence-corrected chi connectivity index (χ4v) is 2.95. The maximum absolute atomic E-state index is 12.2. The van der Waals surface area contributed by atoms with Gasteiger partial charge in [0.15, 0.2) is 0 Å². The van der Waals surface area contributed by atoms with Crippen molar-refractivity contribution in [2.24, 2.45) is 5.92 Å². The van der Waals surface area contributed by atoms with Crippen molar-refractivity contribution in [3.05, 3.63) is 33.9 Å². The second-order valence-corrected chi connectivity index (χ2v) is 6.05. The molecule has 1 aliphatic rings. The molecule has 1 N–H and O–H groups in total. The molecule has 6 heteroatoms. The van der Waals surface area contributed by atoms with Crippen molar-refractivity contribution in [2.75, 3.05) is 24.5 Å². The Hall–Kier alpha value is -2.11. The van der Waals surface area contributed by atoms with Crippen LogP contribution in [-0.2, 0) is 0 Å². The fourth-order valence-electron chi connectivity index (χ4n) is 2.95. The second-order valence-electron chi connectivity index (χ2n) is 6.05. The molecular weight excluding hydrogens is 294 g/mol. The first-order chi connectivity index (χ1) is 11.1. The number of nitro benzene ring substituents is 1. The zero-order valence-corrected chi connectivity index (χ0v) is 13.9. The molecule has 1 aromatic carbocycles. The number of benzene rings is 1. The highest BCUT2D eigenvalue weighted by atomic mass is 16.6. The lowest BCUT2D eigenvalue weighted by Gasteiger charge is -2.18. The number of nitrogens with zero attached hydrogens (tertiary/aromatic N) is 2. The van der Waals surface area contributed by atoms with Gasteiger partial charge in [0.25, 0.3) is 11.6 Å². The van der Waals surface area contributed by atoms with Crippen LogP contribution in [0.25, 0.3) is 0 Å². The van der Waals surface area contributed by atoms with E-state index in [4.69, 9.17) is 0 Å². The Labute approximate surface area is 137 Å². The van der Waals surface area contributed by atoms with Gasteiger partial charge in [0, 0.05) is 31.3 Å². The standard InChI is InChI=1S/C17H25N3O3/c1-3-13(4-2)12-18-17(21)14-7-8-15(16(11-14)20(22)23)19-9-5-6-10-19/h7-8,11,13H,3-6,9-10,12H2,1-2H3,(H,18,21). The number of hydrogen-bond donors (Lipinski definition) is 1. The van der Waals surface area contributed by atoms with Crippen molar-refractivity contribution >= 4 is 17.3 Å². The summed E-state index contributed by atoms with van der Waals surface area (Å²) in [5, 5.41) is 14.2. The molecule has 0 saturated carbocycles. The summed E-state index contributed by atoms with van der Waals surface area (Å²) in [7, 11) is 0. The summed E-state index contributed by atoms with van der Waals surface area (Å²) in [5.41, 5.74) is 0.983. The molecule has 1 fully saturated rings. The summed E-state index contributed by atoms with van der Waals surface area (Å²) >= 11 is 0. The highest BCUT2D eigenvalue weighted by Gasteiger charge is 2.23. The van der Waals surface area contributed by atoms with Gasteiger partial charge in [-0.3, -0.25) is 14.9 Å². The fraction of sp³-hybridized carbons (Fsp3) is 0.588. The van der Waals surface area contributed by atoms with Gasteiger partial charge in [-0.25, -0.2) is 0 Å². The molecule has 0 atom stereocenters. The number of nitrogens with one attached hydrogen (secondary N) is 1. The van der Waals surface area contributed by atoms with E-state index in [-0.39, 0.29) is 11.6 Å². The highest BCUT2D eigenvalue weighted by molar-refractivity contribution is 5.95. The Balaban J connectivity index is 2.15. The Bertz CT molecular complexity index is 564. The maximum atomic E-state index is 12.2. The van der Waals surface area contributed by atoms with Gasteiger partial charge in [-0.05, 0) is 30.9 Å². The van der Waals surface area contributed by atoms with Gasteiger partial charge >= 0.3 is 0 Å². The van der Waals surface area contributed by atoms with E-state index >= 15 is 0 Å². The predicted molar refractivity (Wildman–Crippen MR) is 90.9 cm³/mol. The molecule has 1 heterocycles. The van der Waals surface area contributed by atoms with Crippen LogP contribution in [0, 0.1) is 16.0 Å². The zero-order valence-electron chi connectivity index (χ0n) is 13.9. The van der Waals surface area contributed by atoms with Crippen molar-refractivity contribution in [2.45, 2.75) is 39.5 Å². The Morgan fingerprint density at radius 2 is 1.96 bits per heavy atom. The van der Waals surface area contributed by atoms with Crippen LogP contribution in [0.2, 0.25) is 0 Å². The number of hydrogen-bond acceptors (Lipinski definition) is 4. The van der Waals surface area contributed by atoms with Crippen LogP contribution in [0.4, 0.5) is 11.4 Å². The van der Waals surface area contributed by atoms with Gasteiger partial charge < -0.3 is 10.2 Å². The minimum absolute atomic E-state index is 0.0158. The Morgan fingerprint density at radius 1 is 1.30 bits per heavy atom. The van der Waals surface area contributed by atoms with Crippen LogP contribution in [0.15, 0.2) is 18.2 Å². The van der Waals surface area contributed by atoms with E-state index < -0.39 is 4.92 Å². The van der Waals surface area contributed by atoms with Crippen molar-refractivity contribution in [1.29, 1.82) is 0 Å². The molecule has 2 rings (SSSR count). The van der Waals surface area contributed by atoms with Gasteiger partial charge in [-0.15, -0.1) is 0 Å². The highest BCUT2D eigenvalue weighted by Crippen LogP contribution is 2.31. The second kappa shape index (κ2) is 7.94. The third kappa shape index (κ3) is 4.21. The average molecular weight is 319 g/mol. The first-order valence-electron chi connectivity index (χ1n) is 8.38. The van der Waals surface area contributed by atoms with E-state index in [1.54, 1.807) is 12.1 Å². The quantitative estimate of drug-likeness (QED) is 0.617. The van der Waals surface area contributed by atoms with Crippen molar-refractivity contribution in [3.63, 3.8) is 0 Å². The summed E-state index contributed by atoms with van der Waals surface area (Å²) in [6.07, 6.45) is 4.11. The summed E-state index contributed by atoms with van der Waals surface area (Å²) in [4.78, 5) is 25.2. The van der Waals surface area contributed by atoms with Gasteiger partial charge in [-0.2, -0.15) is 0 Å². The average Bonchev–Trinajstić information content (AvgIpc) is 3.09. The van der Waals surface area contributed by atoms with E-state index in [0.29, 0.717) is 23.7 Å². The van der Waals surface area contributed by atoms with E-state index in [9.17, 15) is 14.9 Å². The minimum Gasteiger partial charge on any atom is -0.366 e. The molecule has 0 bridgehead atoms. The number of carbonyl (C=O) groups is 1. The molecule has 23 heavy (non-hydrogen) atoms. The minimum atomic E-state index is -0.397. The predicted octanol–water partition coefficient (Wildman–Crippen LogP) is 3.36. The van der Waals surface area contributed by atoms with Crippen LogP contribution in [-0.4, -0.2) is 30.5 Å². The maximum Gasteiger partial charge on any atom is 0.293 e. The van der Waals surface area contributed by atoms with Crippen LogP contribution in [0.5, 0.6) is 0 Å². The lowest BCUT2D eigenvalue weighted by molar-refractivity contribution is -0.384. The first kappa shape index (κ1) is 17.2. The van der Waals surface area contributed by atoms with Crippen molar-refractivity contribution in [1.82, 2.24) is 5.32 Å². The van der Waals surface area contributed by atoms with Gasteiger partial charge in [0.2, 0.25) is 0 Å². The van der Waals surface area contributed by atoms with E-state index in [1.807, 2.05) is 4.90 Å². The molecule has 0 aliphatic carbocycles.